The number of hydrogen-bond donors (Lipinski definition) is 1. The predicted octanol–water partition coefficient (Wildman–Crippen LogP) is 0.226. The van der Waals surface area contributed by atoms with E-state index in [1.807, 2.05) is 0 Å². The molecule has 26 heavy (non-hydrogen) atoms. The fourth-order valence-electron chi connectivity index (χ4n) is 2.81. The highest BCUT2D eigenvalue weighted by atomic mass is 32.2. The van der Waals surface area contributed by atoms with E-state index in [0.717, 1.165) is 0 Å². The van der Waals surface area contributed by atoms with Crippen molar-refractivity contribution < 1.29 is 27.5 Å². The molecule has 8 nitrogen and oxygen atoms in total. The number of piperidine rings is 1. The molecule has 0 aliphatic carbocycles. The van der Waals surface area contributed by atoms with Gasteiger partial charge in [-0.1, -0.05) is 12.1 Å². The molecule has 1 saturated heterocycles. The zero-order valence-electron chi connectivity index (χ0n) is 14.9. The standard InChI is InChI=1S/C17H24N2O6S/c1-18-16(20)12-26(22,23)13-7-9-19(10-8-13)17(21)11-25-15-6-4-3-5-14(15)24-2/h3-6,13H,7-12H2,1-2H3,(H,18,20). The van der Waals surface area contributed by atoms with Crippen LogP contribution in [-0.2, 0) is 19.4 Å². The number of benzene rings is 1. The van der Waals surface area contributed by atoms with E-state index in [4.69, 9.17) is 9.47 Å². The maximum absolute atomic E-state index is 12.3. The summed E-state index contributed by atoms with van der Waals surface area (Å²) in [5.41, 5.74) is 0. The number of methoxy groups -OCH3 is 1. The Labute approximate surface area is 153 Å². The molecule has 144 valence electrons. The van der Waals surface area contributed by atoms with E-state index >= 15 is 0 Å². The Bertz CT molecular complexity index is 741. The van der Waals surface area contributed by atoms with Gasteiger partial charge < -0.3 is 19.7 Å². The molecule has 0 unspecified atom stereocenters. The second-order valence-electron chi connectivity index (χ2n) is 6.00. The van der Waals surface area contributed by atoms with Crippen molar-refractivity contribution in [2.24, 2.45) is 0 Å². The normalized spacial score (nSPS) is 15.4. The SMILES string of the molecule is CNC(=O)CS(=O)(=O)C1CCN(C(=O)COc2ccccc2OC)CC1. The molecule has 2 rings (SSSR count). The first-order valence-electron chi connectivity index (χ1n) is 8.33. The molecule has 0 aromatic heterocycles. The first-order valence-corrected chi connectivity index (χ1v) is 10.0. The molecule has 1 aromatic carbocycles. The van der Waals surface area contributed by atoms with Crippen LogP contribution in [0.5, 0.6) is 11.5 Å². The number of rotatable bonds is 7. The molecule has 9 heteroatoms. The van der Waals surface area contributed by atoms with Crippen molar-refractivity contribution in [1.29, 1.82) is 0 Å². The summed E-state index contributed by atoms with van der Waals surface area (Å²) in [6.45, 7) is 0.507. The van der Waals surface area contributed by atoms with Gasteiger partial charge in [-0.25, -0.2) is 8.42 Å². The number of nitrogens with one attached hydrogen (secondary N) is 1. The lowest BCUT2D eigenvalue weighted by atomic mass is 10.1. The molecule has 0 bridgehead atoms. The summed E-state index contributed by atoms with van der Waals surface area (Å²) in [5.74, 6) is -0.226. The van der Waals surface area contributed by atoms with Gasteiger partial charge in [-0.3, -0.25) is 9.59 Å². The highest BCUT2D eigenvalue weighted by molar-refractivity contribution is 7.92. The van der Waals surface area contributed by atoms with Crippen LogP contribution in [0.1, 0.15) is 12.8 Å². The maximum Gasteiger partial charge on any atom is 0.260 e. The maximum atomic E-state index is 12.3. The van der Waals surface area contributed by atoms with Gasteiger partial charge in [0.15, 0.2) is 27.9 Å². The summed E-state index contributed by atoms with van der Waals surface area (Å²) < 4.78 is 35.1. The number of ether oxygens (including phenoxy) is 2. The monoisotopic (exact) mass is 384 g/mol. The zero-order valence-corrected chi connectivity index (χ0v) is 15.8. The van der Waals surface area contributed by atoms with Crippen molar-refractivity contribution in [1.82, 2.24) is 10.2 Å². The summed E-state index contributed by atoms with van der Waals surface area (Å²) in [5, 5.41) is 1.72. The van der Waals surface area contributed by atoms with Crippen LogP contribution in [0.15, 0.2) is 24.3 Å². The Kier molecular flexibility index (Phi) is 6.84. The second-order valence-corrected chi connectivity index (χ2v) is 8.28. The number of nitrogens with zero attached hydrogens (tertiary/aromatic N) is 1. The van der Waals surface area contributed by atoms with Crippen LogP contribution in [0.3, 0.4) is 0 Å². The van der Waals surface area contributed by atoms with Gasteiger partial charge in [-0.05, 0) is 25.0 Å². The average Bonchev–Trinajstić information content (AvgIpc) is 2.66. The molecule has 0 spiro atoms. The minimum atomic E-state index is -3.51. The first-order chi connectivity index (χ1) is 12.4. The summed E-state index contributed by atoms with van der Waals surface area (Å²) in [6, 6.07) is 7.04. The smallest absolute Gasteiger partial charge is 0.260 e. The van der Waals surface area contributed by atoms with Crippen molar-refractivity contribution in [2.45, 2.75) is 18.1 Å². The lowest BCUT2D eigenvalue weighted by molar-refractivity contribution is -0.134. The van der Waals surface area contributed by atoms with E-state index in [-0.39, 0.29) is 12.5 Å². The Morgan fingerprint density at radius 2 is 1.81 bits per heavy atom. The van der Waals surface area contributed by atoms with Crippen molar-refractivity contribution >= 4 is 21.7 Å². The number of amides is 2. The van der Waals surface area contributed by atoms with E-state index in [1.165, 1.54) is 14.2 Å². The molecular weight excluding hydrogens is 360 g/mol. The third kappa shape index (κ3) is 5.10. The molecule has 0 saturated carbocycles. The van der Waals surface area contributed by atoms with Crippen LogP contribution < -0.4 is 14.8 Å². The molecule has 2 amide bonds. The number of likely N-dealkylation sites (tertiary alicyclic amines) is 1. The highest BCUT2D eigenvalue weighted by Gasteiger charge is 2.32. The first kappa shape index (κ1) is 20.0. The molecule has 1 heterocycles. The quantitative estimate of drug-likeness (QED) is 0.722. The van der Waals surface area contributed by atoms with Crippen LogP contribution >= 0.6 is 0 Å². The van der Waals surface area contributed by atoms with Gasteiger partial charge in [-0.2, -0.15) is 0 Å². The van der Waals surface area contributed by atoms with Crippen molar-refractivity contribution in [3.63, 3.8) is 0 Å². The summed E-state index contributed by atoms with van der Waals surface area (Å²) in [6.07, 6.45) is 0.638. The molecule has 0 radical (unpaired) electrons. The molecule has 1 aliphatic heterocycles. The largest absolute Gasteiger partial charge is 0.493 e. The molecule has 1 N–H and O–H groups in total. The van der Waals surface area contributed by atoms with E-state index < -0.39 is 26.7 Å². The van der Waals surface area contributed by atoms with Crippen molar-refractivity contribution in [3.8, 4) is 11.5 Å². The third-order valence-corrected chi connectivity index (χ3v) is 6.49. The summed E-state index contributed by atoms with van der Waals surface area (Å²) >= 11 is 0. The zero-order chi connectivity index (χ0) is 19.2. The Balaban J connectivity index is 1.85. The van der Waals surface area contributed by atoms with Crippen LogP contribution in [-0.4, -0.2) is 70.0 Å². The topological polar surface area (TPSA) is 102 Å². The van der Waals surface area contributed by atoms with Crippen LogP contribution in [0.2, 0.25) is 0 Å². The lowest BCUT2D eigenvalue weighted by Crippen LogP contribution is -2.45. The number of para-hydroxylation sites is 2. The van der Waals surface area contributed by atoms with Gasteiger partial charge in [0, 0.05) is 20.1 Å². The predicted molar refractivity (Wildman–Crippen MR) is 95.9 cm³/mol. The Morgan fingerprint density at radius 1 is 1.19 bits per heavy atom. The van der Waals surface area contributed by atoms with E-state index in [1.54, 1.807) is 29.2 Å². The van der Waals surface area contributed by atoms with Crippen LogP contribution in [0, 0.1) is 0 Å². The van der Waals surface area contributed by atoms with E-state index in [9.17, 15) is 18.0 Å². The van der Waals surface area contributed by atoms with Gasteiger partial charge in [0.1, 0.15) is 5.75 Å². The van der Waals surface area contributed by atoms with Gasteiger partial charge in [-0.15, -0.1) is 0 Å². The molecule has 0 atom stereocenters. The fraction of sp³-hybridized carbons (Fsp3) is 0.529. The van der Waals surface area contributed by atoms with Crippen molar-refractivity contribution in [2.75, 3.05) is 39.6 Å². The Morgan fingerprint density at radius 3 is 2.38 bits per heavy atom. The Hall–Kier alpha value is -2.29. The summed E-state index contributed by atoms with van der Waals surface area (Å²) in [7, 11) is -0.580. The number of sulfone groups is 1. The van der Waals surface area contributed by atoms with E-state index in [0.29, 0.717) is 37.4 Å². The van der Waals surface area contributed by atoms with Gasteiger partial charge in [0.25, 0.3) is 5.91 Å². The van der Waals surface area contributed by atoms with Crippen LogP contribution in [0.25, 0.3) is 0 Å². The minimum absolute atomic E-state index is 0.143. The molecular formula is C17H24N2O6S. The second kappa shape index (κ2) is 8.88. The molecule has 1 fully saturated rings. The number of hydrogen-bond acceptors (Lipinski definition) is 6. The highest BCUT2D eigenvalue weighted by Crippen LogP contribution is 2.26. The number of carbonyl (C=O) groups is 2. The number of carbonyl (C=O) groups excluding carboxylic acids is 2. The van der Waals surface area contributed by atoms with Gasteiger partial charge >= 0.3 is 0 Å². The molecule has 1 aromatic rings. The third-order valence-electron chi connectivity index (χ3n) is 4.33. The average molecular weight is 384 g/mol. The molecule has 1 aliphatic rings. The van der Waals surface area contributed by atoms with E-state index in [2.05, 4.69) is 5.32 Å². The lowest BCUT2D eigenvalue weighted by Gasteiger charge is -2.31. The minimum Gasteiger partial charge on any atom is -0.493 e. The van der Waals surface area contributed by atoms with Gasteiger partial charge in [0.05, 0.1) is 12.4 Å². The van der Waals surface area contributed by atoms with Crippen molar-refractivity contribution in [3.05, 3.63) is 24.3 Å². The van der Waals surface area contributed by atoms with Crippen LogP contribution in [0.4, 0.5) is 0 Å². The summed E-state index contributed by atoms with van der Waals surface area (Å²) in [4.78, 5) is 25.2. The van der Waals surface area contributed by atoms with Gasteiger partial charge in [0.2, 0.25) is 5.91 Å². The fourth-order valence-corrected chi connectivity index (χ4v) is 4.48.